The van der Waals surface area contributed by atoms with Crippen LogP contribution in [0.15, 0.2) is 12.1 Å². The molecule has 3 atom stereocenters. The molecule has 0 amide bonds. The van der Waals surface area contributed by atoms with Crippen molar-refractivity contribution in [1.29, 1.82) is 0 Å². The average molecular weight is 315 g/mol. The minimum atomic E-state index is -0.433. The lowest BCUT2D eigenvalue weighted by Gasteiger charge is -2.22. The zero-order valence-electron chi connectivity index (χ0n) is 11.5. The van der Waals surface area contributed by atoms with Crippen molar-refractivity contribution in [3.63, 3.8) is 0 Å². The summed E-state index contributed by atoms with van der Waals surface area (Å²) < 4.78 is 15.8. The molecular formula is C15H17Cl2FN2. The number of imidazole rings is 1. The van der Waals surface area contributed by atoms with Crippen LogP contribution in [0.4, 0.5) is 4.39 Å². The van der Waals surface area contributed by atoms with Gasteiger partial charge in [0.25, 0.3) is 0 Å². The van der Waals surface area contributed by atoms with E-state index in [1.807, 2.05) is 6.92 Å². The van der Waals surface area contributed by atoms with E-state index in [9.17, 15) is 4.39 Å². The average Bonchev–Trinajstić information content (AvgIpc) is 2.93. The minimum absolute atomic E-state index is 0.137. The number of fused-ring (bicyclic) bond motifs is 1. The van der Waals surface area contributed by atoms with Gasteiger partial charge >= 0.3 is 0 Å². The zero-order valence-corrected chi connectivity index (χ0v) is 13.0. The summed E-state index contributed by atoms with van der Waals surface area (Å²) >= 11 is 12.2. The monoisotopic (exact) mass is 314 g/mol. The molecule has 20 heavy (non-hydrogen) atoms. The Morgan fingerprint density at radius 1 is 1.40 bits per heavy atom. The number of aromatic nitrogens is 2. The van der Waals surface area contributed by atoms with Crippen molar-refractivity contribution in [3.8, 4) is 0 Å². The second kappa shape index (κ2) is 5.19. The highest BCUT2D eigenvalue weighted by atomic mass is 35.5. The molecule has 1 aliphatic carbocycles. The summed E-state index contributed by atoms with van der Waals surface area (Å²) in [5.74, 6) is 0.949. The summed E-state index contributed by atoms with van der Waals surface area (Å²) in [6.07, 6.45) is 3.52. The number of hydrogen-bond acceptors (Lipinski definition) is 1. The van der Waals surface area contributed by atoms with Crippen LogP contribution in [0.25, 0.3) is 11.0 Å². The molecule has 1 aromatic carbocycles. The molecule has 2 nitrogen and oxygen atoms in total. The van der Waals surface area contributed by atoms with E-state index in [-0.39, 0.29) is 10.4 Å². The van der Waals surface area contributed by atoms with Gasteiger partial charge in [-0.05, 0) is 31.7 Å². The molecule has 3 unspecified atom stereocenters. The largest absolute Gasteiger partial charge is 0.323 e. The highest BCUT2D eigenvalue weighted by Crippen LogP contribution is 2.40. The number of halogens is 3. The Kier molecular flexibility index (Phi) is 3.67. The number of benzene rings is 1. The van der Waals surface area contributed by atoms with Crippen LogP contribution in [-0.4, -0.2) is 9.55 Å². The van der Waals surface area contributed by atoms with Crippen LogP contribution in [0, 0.1) is 11.7 Å². The van der Waals surface area contributed by atoms with Crippen LogP contribution >= 0.6 is 23.2 Å². The Hall–Kier alpha value is -0.800. The van der Waals surface area contributed by atoms with Crippen molar-refractivity contribution < 1.29 is 4.39 Å². The van der Waals surface area contributed by atoms with Crippen LogP contribution < -0.4 is 0 Å². The van der Waals surface area contributed by atoms with Gasteiger partial charge < -0.3 is 4.57 Å². The second-order valence-electron chi connectivity index (χ2n) is 5.69. The maximum atomic E-state index is 13.6. The Morgan fingerprint density at radius 2 is 2.15 bits per heavy atom. The van der Waals surface area contributed by atoms with Crippen molar-refractivity contribution >= 4 is 34.2 Å². The van der Waals surface area contributed by atoms with Gasteiger partial charge in [0.15, 0.2) is 0 Å². The summed E-state index contributed by atoms with van der Waals surface area (Å²) in [4.78, 5) is 4.53. The molecule has 1 saturated carbocycles. The lowest BCUT2D eigenvalue weighted by atomic mass is 10.1. The first-order valence-corrected chi connectivity index (χ1v) is 7.81. The summed E-state index contributed by atoms with van der Waals surface area (Å²) in [5.41, 5.74) is 1.52. The second-order valence-corrected chi connectivity index (χ2v) is 6.75. The molecule has 1 fully saturated rings. The van der Waals surface area contributed by atoms with Crippen molar-refractivity contribution in [3.05, 3.63) is 28.8 Å². The summed E-state index contributed by atoms with van der Waals surface area (Å²) in [7, 11) is 0. The molecule has 0 spiro atoms. The molecule has 0 N–H and O–H groups in total. The van der Waals surface area contributed by atoms with E-state index in [0.29, 0.717) is 17.5 Å². The molecule has 1 aliphatic rings. The van der Waals surface area contributed by atoms with Gasteiger partial charge in [0, 0.05) is 12.1 Å². The lowest BCUT2D eigenvalue weighted by Crippen LogP contribution is -2.15. The fraction of sp³-hybridized carbons (Fsp3) is 0.533. The third kappa shape index (κ3) is 2.21. The summed E-state index contributed by atoms with van der Waals surface area (Å²) in [6, 6.07) is 3.45. The number of hydrogen-bond donors (Lipinski definition) is 0. The predicted molar refractivity (Wildman–Crippen MR) is 81.0 cm³/mol. The van der Waals surface area contributed by atoms with Crippen molar-refractivity contribution in [2.24, 2.45) is 5.92 Å². The van der Waals surface area contributed by atoms with Gasteiger partial charge in [-0.25, -0.2) is 9.37 Å². The van der Waals surface area contributed by atoms with Crippen molar-refractivity contribution in [1.82, 2.24) is 9.55 Å². The molecule has 1 aromatic heterocycles. The van der Waals surface area contributed by atoms with Gasteiger partial charge in [0.05, 0.1) is 21.4 Å². The predicted octanol–water partition coefficient (Wildman–Crippen LogP) is 5.49. The Labute approximate surface area is 127 Å². The number of nitrogens with zero attached hydrogens (tertiary/aromatic N) is 2. The molecule has 108 valence electrons. The third-order valence-electron chi connectivity index (χ3n) is 4.26. The van der Waals surface area contributed by atoms with Crippen LogP contribution in [-0.2, 0) is 0 Å². The molecule has 0 saturated heterocycles. The Morgan fingerprint density at radius 3 is 2.75 bits per heavy atom. The fourth-order valence-corrected chi connectivity index (χ4v) is 3.56. The standard InChI is InChI=1S/C15H17Cl2FN2/c1-8-4-3-5-13(8)20-14-6-10(17)11(18)7-12(14)19-15(20)9(2)16/h6-9,13H,3-5H2,1-2H3. The molecule has 5 heteroatoms. The Balaban J connectivity index is 2.26. The first kappa shape index (κ1) is 14.2. The van der Waals surface area contributed by atoms with E-state index in [0.717, 1.165) is 17.8 Å². The summed E-state index contributed by atoms with van der Waals surface area (Å²) in [6.45, 7) is 4.15. The van der Waals surface area contributed by atoms with E-state index < -0.39 is 5.82 Å². The van der Waals surface area contributed by atoms with E-state index >= 15 is 0 Å². The van der Waals surface area contributed by atoms with E-state index in [1.165, 1.54) is 18.9 Å². The Bertz CT molecular complexity index is 651. The van der Waals surface area contributed by atoms with E-state index in [4.69, 9.17) is 23.2 Å². The van der Waals surface area contributed by atoms with Gasteiger partial charge in [-0.3, -0.25) is 0 Å². The third-order valence-corrected chi connectivity index (χ3v) is 4.75. The van der Waals surface area contributed by atoms with Gasteiger partial charge in [-0.2, -0.15) is 0 Å². The lowest BCUT2D eigenvalue weighted by molar-refractivity contribution is 0.405. The van der Waals surface area contributed by atoms with Crippen LogP contribution in [0.3, 0.4) is 0 Å². The molecule has 0 aliphatic heterocycles. The number of rotatable bonds is 2. The van der Waals surface area contributed by atoms with Gasteiger partial charge in [0.2, 0.25) is 0 Å². The molecule has 3 rings (SSSR count). The molecule has 1 heterocycles. The number of alkyl halides is 1. The quantitative estimate of drug-likeness (QED) is 0.670. The zero-order chi connectivity index (χ0) is 14.4. The summed E-state index contributed by atoms with van der Waals surface area (Å²) in [5, 5.41) is -0.0740. The minimum Gasteiger partial charge on any atom is -0.323 e. The molecule has 2 aromatic rings. The topological polar surface area (TPSA) is 17.8 Å². The van der Waals surface area contributed by atoms with Gasteiger partial charge in [0.1, 0.15) is 11.6 Å². The van der Waals surface area contributed by atoms with Gasteiger partial charge in [-0.1, -0.05) is 24.9 Å². The first-order valence-electron chi connectivity index (χ1n) is 7.00. The SMILES string of the molecule is CC(Cl)c1nc2cc(F)c(Cl)cc2n1C1CCCC1C. The maximum Gasteiger partial charge on any atom is 0.144 e. The van der Waals surface area contributed by atoms with E-state index in [1.54, 1.807) is 6.07 Å². The highest BCUT2D eigenvalue weighted by molar-refractivity contribution is 6.31. The molecular weight excluding hydrogens is 298 g/mol. The molecule has 0 bridgehead atoms. The first-order chi connectivity index (χ1) is 9.49. The van der Waals surface area contributed by atoms with Crippen LogP contribution in [0.2, 0.25) is 5.02 Å². The van der Waals surface area contributed by atoms with E-state index in [2.05, 4.69) is 16.5 Å². The van der Waals surface area contributed by atoms with Crippen molar-refractivity contribution in [2.75, 3.05) is 0 Å². The van der Waals surface area contributed by atoms with Crippen molar-refractivity contribution in [2.45, 2.75) is 44.5 Å². The van der Waals surface area contributed by atoms with Crippen LogP contribution in [0.1, 0.15) is 50.4 Å². The van der Waals surface area contributed by atoms with Crippen LogP contribution in [0.5, 0.6) is 0 Å². The smallest absolute Gasteiger partial charge is 0.144 e. The maximum absolute atomic E-state index is 13.6. The van der Waals surface area contributed by atoms with Gasteiger partial charge in [-0.15, -0.1) is 11.6 Å². The highest BCUT2D eigenvalue weighted by Gasteiger charge is 2.30. The molecule has 0 radical (unpaired) electrons. The fourth-order valence-electron chi connectivity index (χ4n) is 3.25. The normalized spacial score (nSPS) is 24.4.